The Morgan fingerprint density at radius 3 is 2.71 bits per heavy atom. The predicted molar refractivity (Wildman–Crippen MR) is 98.7 cm³/mol. The molecule has 2 N–H and O–H groups in total. The number of benzene rings is 1. The van der Waals surface area contributed by atoms with Crippen LogP contribution in [-0.2, 0) is 0 Å². The average molecular weight is 435 g/mol. The van der Waals surface area contributed by atoms with Crippen LogP contribution in [0.15, 0.2) is 40.2 Å². The number of ether oxygens (including phenoxy) is 2. The minimum Gasteiger partial charge on any atom is -0.489 e. The fraction of sp³-hybridized carbons (Fsp3) is 0.389. The molecule has 10 heteroatoms. The lowest BCUT2D eigenvalue weighted by Gasteiger charge is -2.27. The summed E-state index contributed by atoms with van der Waals surface area (Å²) in [7, 11) is 0. The second-order valence-corrected chi connectivity index (χ2v) is 7.32. The van der Waals surface area contributed by atoms with Crippen molar-refractivity contribution in [2.24, 2.45) is 5.92 Å². The maximum Gasteiger partial charge on any atom is 0.387 e. The summed E-state index contributed by atoms with van der Waals surface area (Å²) < 4.78 is 35.2. The van der Waals surface area contributed by atoms with Crippen molar-refractivity contribution >= 4 is 29.1 Å². The van der Waals surface area contributed by atoms with Gasteiger partial charge in [-0.2, -0.15) is 8.78 Å². The molecule has 1 aliphatic heterocycles. The number of alkyl halides is 2. The van der Waals surface area contributed by atoms with Crippen LogP contribution in [0.25, 0.3) is 0 Å². The minimum atomic E-state index is -3.01. The lowest BCUT2D eigenvalue weighted by atomic mass is 10.1. The number of hydroxylamine groups is 2. The molecule has 152 valence electrons. The van der Waals surface area contributed by atoms with E-state index in [2.05, 4.69) is 10.1 Å². The number of nitrogens with zero attached hydrogens (tertiary/aromatic N) is 1. The fourth-order valence-corrected chi connectivity index (χ4v) is 3.03. The van der Waals surface area contributed by atoms with Gasteiger partial charge in [-0.05, 0) is 43.9 Å². The molecule has 1 amide bonds. The molecule has 0 spiro atoms. The van der Waals surface area contributed by atoms with Crippen molar-refractivity contribution in [2.75, 3.05) is 6.61 Å². The first-order valence-corrected chi connectivity index (χ1v) is 9.29. The monoisotopic (exact) mass is 434 g/mol. The van der Waals surface area contributed by atoms with Crippen LogP contribution in [-0.4, -0.2) is 35.4 Å². The third-order valence-corrected chi connectivity index (χ3v) is 5.11. The quantitative estimate of drug-likeness (QED) is 0.663. The summed E-state index contributed by atoms with van der Waals surface area (Å²) in [5.74, 6) is -0.280. The zero-order valence-electron chi connectivity index (χ0n) is 14.8. The standard InChI is InChI=1S/C18H18Cl2F2N2O4/c1-9-15(20)16(12(19)7-24(9)26)23-17(25)11-4-5-13(28-18(21)22)14(6-11)27-8-10-2-3-10/h4-7,9-10,18,26H,2-3,8H2,1H3,(H,23,25). The summed E-state index contributed by atoms with van der Waals surface area (Å²) in [5, 5.41) is 13.3. The SMILES string of the molecule is CC1C(Cl)=C(NC(=O)c2ccc(OC(F)F)c(OCC3CC3)c2)C(Cl)=CN1O. The highest BCUT2D eigenvalue weighted by molar-refractivity contribution is 6.36. The molecule has 6 nitrogen and oxygen atoms in total. The highest BCUT2D eigenvalue weighted by Crippen LogP contribution is 2.35. The molecule has 1 aliphatic carbocycles. The Kier molecular flexibility index (Phi) is 6.32. The molecule has 1 fully saturated rings. The average Bonchev–Trinajstić information content (AvgIpc) is 3.46. The molecule has 0 saturated heterocycles. The van der Waals surface area contributed by atoms with Crippen LogP contribution < -0.4 is 14.8 Å². The summed E-state index contributed by atoms with van der Waals surface area (Å²) in [4.78, 5) is 12.6. The van der Waals surface area contributed by atoms with Crippen molar-refractivity contribution in [3.63, 3.8) is 0 Å². The van der Waals surface area contributed by atoms with Gasteiger partial charge in [0.15, 0.2) is 11.5 Å². The first-order valence-electron chi connectivity index (χ1n) is 8.54. The van der Waals surface area contributed by atoms with E-state index in [0.29, 0.717) is 12.5 Å². The molecule has 0 radical (unpaired) electrons. The van der Waals surface area contributed by atoms with E-state index in [1.54, 1.807) is 6.92 Å². The molecule has 1 atom stereocenters. The molecule has 1 aromatic rings. The van der Waals surface area contributed by atoms with E-state index in [1.807, 2.05) is 0 Å². The maximum absolute atomic E-state index is 12.6. The van der Waals surface area contributed by atoms with Gasteiger partial charge >= 0.3 is 6.61 Å². The second-order valence-electron chi connectivity index (χ2n) is 6.50. The maximum atomic E-state index is 12.6. The van der Waals surface area contributed by atoms with E-state index >= 15 is 0 Å². The van der Waals surface area contributed by atoms with Crippen molar-refractivity contribution in [3.05, 3.63) is 45.7 Å². The summed E-state index contributed by atoms with van der Waals surface area (Å²) in [6.07, 6.45) is 3.25. The number of carbonyl (C=O) groups is 1. The normalized spacial score (nSPS) is 19.6. The molecule has 1 unspecified atom stereocenters. The lowest BCUT2D eigenvalue weighted by Crippen LogP contribution is -2.34. The highest BCUT2D eigenvalue weighted by Gasteiger charge is 2.27. The van der Waals surface area contributed by atoms with Gasteiger partial charge in [0.2, 0.25) is 0 Å². The summed E-state index contributed by atoms with van der Waals surface area (Å²) in [6, 6.07) is 3.30. The van der Waals surface area contributed by atoms with E-state index in [-0.39, 0.29) is 32.8 Å². The molecule has 28 heavy (non-hydrogen) atoms. The van der Waals surface area contributed by atoms with Gasteiger partial charge in [0.1, 0.15) is 0 Å². The van der Waals surface area contributed by atoms with Crippen molar-refractivity contribution in [1.29, 1.82) is 0 Å². The molecular weight excluding hydrogens is 417 g/mol. The fourth-order valence-electron chi connectivity index (χ4n) is 2.48. The van der Waals surface area contributed by atoms with E-state index in [1.165, 1.54) is 24.4 Å². The molecule has 0 bridgehead atoms. The highest BCUT2D eigenvalue weighted by atomic mass is 35.5. The summed E-state index contributed by atoms with van der Waals surface area (Å²) in [6.45, 7) is -1.03. The minimum absolute atomic E-state index is 0.0433. The van der Waals surface area contributed by atoms with Crippen LogP contribution in [0.5, 0.6) is 11.5 Å². The van der Waals surface area contributed by atoms with Gasteiger partial charge in [-0.1, -0.05) is 23.2 Å². The molecule has 0 aromatic heterocycles. The van der Waals surface area contributed by atoms with Crippen LogP contribution in [0.4, 0.5) is 8.78 Å². The summed E-state index contributed by atoms with van der Waals surface area (Å²) >= 11 is 12.2. The largest absolute Gasteiger partial charge is 0.489 e. The molecular formula is C18H18Cl2F2N2O4. The van der Waals surface area contributed by atoms with Crippen LogP contribution in [0.2, 0.25) is 0 Å². The number of hydrogen-bond acceptors (Lipinski definition) is 5. The van der Waals surface area contributed by atoms with Gasteiger partial charge in [-0.3, -0.25) is 15.1 Å². The van der Waals surface area contributed by atoms with E-state index in [9.17, 15) is 18.8 Å². The Morgan fingerprint density at radius 2 is 2.07 bits per heavy atom. The van der Waals surface area contributed by atoms with Gasteiger partial charge in [0.05, 0.1) is 28.4 Å². The topological polar surface area (TPSA) is 71.0 Å². The van der Waals surface area contributed by atoms with E-state index < -0.39 is 18.6 Å². The number of halogens is 4. The van der Waals surface area contributed by atoms with E-state index in [4.69, 9.17) is 27.9 Å². The van der Waals surface area contributed by atoms with Gasteiger partial charge < -0.3 is 14.8 Å². The Hall–Kier alpha value is -2.03. The number of allylic oxidation sites excluding steroid dienone is 1. The van der Waals surface area contributed by atoms with Gasteiger partial charge in [-0.25, -0.2) is 0 Å². The van der Waals surface area contributed by atoms with Crippen LogP contribution in [0.3, 0.4) is 0 Å². The number of nitrogens with one attached hydrogen (secondary N) is 1. The Morgan fingerprint density at radius 1 is 1.36 bits per heavy atom. The van der Waals surface area contributed by atoms with Crippen LogP contribution >= 0.6 is 23.2 Å². The first kappa shape index (κ1) is 20.7. The van der Waals surface area contributed by atoms with Gasteiger partial charge in [-0.15, -0.1) is 0 Å². The van der Waals surface area contributed by atoms with Crippen LogP contribution in [0.1, 0.15) is 30.1 Å². The molecule has 1 aromatic carbocycles. The molecule has 1 saturated carbocycles. The van der Waals surface area contributed by atoms with Crippen molar-refractivity contribution in [3.8, 4) is 11.5 Å². The Balaban J connectivity index is 1.80. The van der Waals surface area contributed by atoms with Crippen molar-refractivity contribution < 1.29 is 28.3 Å². The van der Waals surface area contributed by atoms with Crippen molar-refractivity contribution in [2.45, 2.75) is 32.4 Å². The Labute approximate surface area is 170 Å². The summed E-state index contributed by atoms with van der Waals surface area (Å²) in [5.41, 5.74) is 0.299. The molecule has 2 aliphatic rings. The zero-order chi connectivity index (χ0) is 20.4. The number of amides is 1. The Bertz CT molecular complexity index is 828. The number of rotatable bonds is 7. The first-order chi connectivity index (χ1) is 13.3. The number of carbonyl (C=O) groups excluding carboxylic acids is 1. The second kappa shape index (κ2) is 8.55. The molecule has 1 heterocycles. The lowest BCUT2D eigenvalue weighted by molar-refractivity contribution is -0.0626. The van der Waals surface area contributed by atoms with Gasteiger partial charge in [0.25, 0.3) is 5.91 Å². The smallest absolute Gasteiger partial charge is 0.387 e. The third-order valence-electron chi connectivity index (χ3n) is 4.32. The van der Waals surface area contributed by atoms with E-state index in [0.717, 1.165) is 17.9 Å². The van der Waals surface area contributed by atoms with Crippen LogP contribution in [0, 0.1) is 5.92 Å². The van der Waals surface area contributed by atoms with Gasteiger partial charge in [0, 0.05) is 11.8 Å². The number of hydrogen-bond donors (Lipinski definition) is 2. The zero-order valence-corrected chi connectivity index (χ0v) is 16.3. The van der Waals surface area contributed by atoms with Crippen molar-refractivity contribution in [1.82, 2.24) is 10.4 Å². The predicted octanol–water partition coefficient (Wildman–Crippen LogP) is 4.43. The third kappa shape index (κ3) is 4.87. The molecule has 3 rings (SSSR count).